The van der Waals surface area contributed by atoms with E-state index in [9.17, 15) is 0 Å². The Kier molecular flexibility index (Phi) is 5.48. The van der Waals surface area contributed by atoms with Crippen molar-refractivity contribution in [1.29, 1.82) is 0 Å². The van der Waals surface area contributed by atoms with E-state index in [4.69, 9.17) is 10.5 Å². The zero-order valence-electron chi connectivity index (χ0n) is 6.05. The van der Waals surface area contributed by atoms with Crippen LogP contribution in [0.5, 0.6) is 0 Å². The molecule has 0 unspecified atom stereocenters. The molecule has 0 fully saturated rings. The molecule has 0 aliphatic rings. The Labute approximate surface area is 61.7 Å². The van der Waals surface area contributed by atoms with Crippen molar-refractivity contribution in [1.82, 2.24) is 0 Å². The molecule has 10 heavy (non-hydrogen) atoms. The Hall–Kier alpha value is -1.02. The van der Waals surface area contributed by atoms with E-state index in [0.29, 0.717) is 18.9 Å². The van der Waals surface area contributed by atoms with Crippen molar-refractivity contribution in [3.63, 3.8) is 0 Å². The SMILES string of the molecule is C=C/C=C(\C=C)OCCN. The predicted octanol–water partition coefficient (Wildman–Crippen LogP) is 1.22. The van der Waals surface area contributed by atoms with Crippen LogP contribution in [0.4, 0.5) is 0 Å². The molecule has 0 radical (unpaired) electrons. The zero-order chi connectivity index (χ0) is 7.82. The predicted molar refractivity (Wildman–Crippen MR) is 43.5 cm³/mol. The van der Waals surface area contributed by atoms with Crippen LogP contribution in [0.1, 0.15) is 0 Å². The van der Waals surface area contributed by atoms with Gasteiger partial charge in [-0.3, -0.25) is 0 Å². The third kappa shape index (κ3) is 3.92. The van der Waals surface area contributed by atoms with Crippen molar-refractivity contribution < 1.29 is 4.74 Å². The monoisotopic (exact) mass is 139 g/mol. The second-order valence-corrected chi connectivity index (χ2v) is 1.65. The fraction of sp³-hybridized carbons (Fsp3) is 0.250. The Morgan fingerprint density at radius 1 is 1.50 bits per heavy atom. The number of nitrogens with two attached hydrogens (primary N) is 1. The maximum atomic E-state index is 5.22. The molecule has 0 atom stereocenters. The normalized spacial score (nSPS) is 10.7. The van der Waals surface area contributed by atoms with Crippen LogP contribution in [0.3, 0.4) is 0 Å². The van der Waals surface area contributed by atoms with Crippen LogP contribution in [0.15, 0.2) is 37.1 Å². The summed E-state index contributed by atoms with van der Waals surface area (Å²) in [5, 5.41) is 0. The highest BCUT2D eigenvalue weighted by molar-refractivity contribution is 5.14. The number of hydrogen-bond acceptors (Lipinski definition) is 2. The van der Waals surface area contributed by atoms with Crippen molar-refractivity contribution in [3.05, 3.63) is 37.1 Å². The smallest absolute Gasteiger partial charge is 0.118 e. The molecule has 0 saturated heterocycles. The van der Waals surface area contributed by atoms with Gasteiger partial charge >= 0.3 is 0 Å². The van der Waals surface area contributed by atoms with Gasteiger partial charge in [0.05, 0.1) is 0 Å². The van der Waals surface area contributed by atoms with Crippen molar-refractivity contribution in [2.45, 2.75) is 0 Å². The average molecular weight is 139 g/mol. The minimum atomic E-state index is 0.516. The number of ether oxygens (including phenoxy) is 1. The molecule has 0 aliphatic carbocycles. The van der Waals surface area contributed by atoms with Crippen LogP contribution in [-0.4, -0.2) is 13.2 Å². The summed E-state index contributed by atoms with van der Waals surface area (Å²) in [5.74, 6) is 0.709. The molecular formula is C8H13NO. The highest BCUT2D eigenvalue weighted by Gasteiger charge is 1.86. The van der Waals surface area contributed by atoms with Crippen LogP contribution < -0.4 is 5.73 Å². The lowest BCUT2D eigenvalue weighted by Crippen LogP contribution is -2.07. The van der Waals surface area contributed by atoms with Crippen molar-refractivity contribution in [2.75, 3.05) is 13.2 Å². The van der Waals surface area contributed by atoms with Gasteiger partial charge in [-0.1, -0.05) is 19.2 Å². The quantitative estimate of drug-likeness (QED) is 0.459. The fourth-order valence-corrected chi connectivity index (χ4v) is 0.468. The van der Waals surface area contributed by atoms with Crippen LogP contribution in [0.25, 0.3) is 0 Å². The Bertz CT molecular complexity index is 138. The lowest BCUT2D eigenvalue weighted by Gasteiger charge is -2.02. The van der Waals surface area contributed by atoms with Crippen LogP contribution in [0, 0.1) is 0 Å². The molecular weight excluding hydrogens is 126 g/mol. The molecule has 0 aromatic heterocycles. The van der Waals surface area contributed by atoms with Gasteiger partial charge in [-0.2, -0.15) is 0 Å². The first-order chi connectivity index (χ1) is 4.85. The Morgan fingerprint density at radius 3 is 2.60 bits per heavy atom. The summed E-state index contributed by atoms with van der Waals surface area (Å²) >= 11 is 0. The standard InChI is InChI=1S/C8H13NO/c1-3-5-8(4-2)10-7-6-9/h3-5H,1-2,6-7,9H2/b8-5+. The Balaban J connectivity index is 3.70. The highest BCUT2D eigenvalue weighted by Crippen LogP contribution is 1.96. The minimum absolute atomic E-state index is 0.516. The molecule has 2 nitrogen and oxygen atoms in total. The van der Waals surface area contributed by atoms with Gasteiger partial charge in [-0.05, 0) is 12.2 Å². The molecule has 0 amide bonds. The first kappa shape index (κ1) is 8.98. The molecule has 0 saturated carbocycles. The summed E-state index contributed by atoms with van der Waals surface area (Å²) in [6.07, 6.45) is 5.01. The molecule has 0 spiro atoms. The first-order valence-corrected chi connectivity index (χ1v) is 3.13. The van der Waals surface area contributed by atoms with Gasteiger partial charge in [0.15, 0.2) is 0 Å². The van der Waals surface area contributed by atoms with Gasteiger partial charge in [0, 0.05) is 6.54 Å². The van der Waals surface area contributed by atoms with Gasteiger partial charge in [0.1, 0.15) is 12.4 Å². The minimum Gasteiger partial charge on any atom is -0.492 e. The maximum absolute atomic E-state index is 5.22. The van der Waals surface area contributed by atoms with Gasteiger partial charge < -0.3 is 10.5 Å². The van der Waals surface area contributed by atoms with Crippen molar-refractivity contribution in [3.8, 4) is 0 Å². The summed E-state index contributed by atoms with van der Waals surface area (Å²) in [4.78, 5) is 0. The lowest BCUT2D eigenvalue weighted by molar-refractivity contribution is 0.234. The van der Waals surface area contributed by atoms with E-state index >= 15 is 0 Å². The molecule has 0 bridgehead atoms. The van der Waals surface area contributed by atoms with Crippen molar-refractivity contribution in [2.24, 2.45) is 5.73 Å². The lowest BCUT2D eigenvalue weighted by atomic mass is 10.4. The molecule has 56 valence electrons. The molecule has 0 aliphatic heterocycles. The summed E-state index contributed by atoms with van der Waals surface area (Å²) in [5.41, 5.74) is 5.22. The second kappa shape index (κ2) is 6.11. The van der Waals surface area contributed by atoms with Gasteiger partial charge in [-0.15, -0.1) is 0 Å². The molecule has 0 aromatic rings. The number of rotatable bonds is 5. The maximum Gasteiger partial charge on any atom is 0.118 e. The van der Waals surface area contributed by atoms with E-state index in [0.717, 1.165) is 0 Å². The first-order valence-electron chi connectivity index (χ1n) is 3.13. The summed E-state index contributed by atoms with van der Waals surface area (Å²) in [7, 11) is 0. The summed E-state index contributed by atoms with van der Waals surface area (Å²) in [6.45, 7) is 8.11. The molecule has 0 heterocycles. The fourth-order valence-electron chi connectivity index (χ4n) is 0.468. The Morgan fingerprint density at radius 2 is 2.20 bits per heavy atom. The molecule has 2 heteroatoms. The molecule has 0 aromatic carbocycles. The zero-order valence-corrected chi connectivity index (χ0v) is 6.05. The van der Waals surface area contributed by atoms with Crippen LogP contribution in [0.2, 0.25) is 0 Å². The van der Waals surface area contributed by atoms with Gasteiger partial charge in [0.2, 0.25) is 0 Å². The van der Waals surface area contributed by atoms with Gasteiger partial charge in [-0.25, -0.2) is 0 Å². The van der Waals surface area contributed by atoms with E-state index in [1.165, 1.54) is 0 Å². The molecule has 0 rings (SSSR count). The topological polar surface area (TPSA) is 35.2 Å². The van der Waals surface area contributed by atoms with Crippen LogP contribution in [-0.2, 0) is 4.74 Å². The van der Waals surface area contributed by atoms with E-state index in [1.807, 2.05) is 0 Å². The molecule has 2 N–H and O–H groups in total. The largest absolute Gasteiger partial charge is 0.492 e. The number of hydrogen-bond donors (Lipinski definition) is 1. The van der Waals surface area contributed by atoms with E-state index < -0.39 is 0 Å². The van der Waals surface area contributed by atoms with E-state index in [2.05, 4.69) is 13.2 Å². The van der Waals surface area contributed by atoms with E-state index in [1.54, 1.807) is 18.2 Å². The average Bonchev–Trinajstić information content (AvgIpc) is 1.98. The third-order valence-corrected chi connectivity index (χ3v) is 0.870. The highest BCUT2D eigenvalue weighted by atomic mass is 16.5. The van der Waals surface area contributed by atoms with Crippen molar-refractivity contribution >= 4 is 0 Å². The summed E-state index contributed by atoms with van der Waals surface area (Å²) in [6, 6.07) is 0. The van der Waals surface area contributed by atoms with Crippen LogP contribution >= 0.6 is 0 Å². The third-order valence-electron chi connectivity index (χ3n) is 0.870. The van der Waals surface area contributed by atoms with E-state index in [-0.39, 0.29) is 0 Å². The van der Waals surface area contributed by atoms with Gasteiger partial charge in [0.25, 0.3) is 0 Å². The summed E-state index contributed by atoms with van der Waals surface area (Å²) < 4.78 is 5.13. The second-order valence-electron chi connectivity index (χ2n) is 1.65. The number of allylic oxidation sites excluding steroid dienone is 3.